The first-order chi connectivity index (χ1) is 12.8. The second-order valence-electron chi connectivity index (χ2n) is 5.97. The number of aryl methyl sites for hydroxylation is 1. The highest BCUT2D eigenvalue weighted by Crippen LogP contribution is 2.27. The molecule has 0 radical (unpaired) electrons. The Bertz CT molecular complexity index is 1060. The molecule has 140 valence electrons. The number of hydrogen-bond acceptors (Lipinski definition) is 6. The fourth-order valence-corrected chi connectivity index (χ4v) is 3.95. The number of nitrogens with one attached hydrogen (secondary N) is 1. The van der Waals surface area contributed by atoms with Crippen LogP contribution in [0.3, 0.4) is 0 Å². The van der Waals surface area contributed by atoms with Gasteiger partial charge in [0.15, 0.2) is 9.84 Å². The Morgan fingerprint density at radius 1 is 1.15 bits per heavy atom. The maximum atomic E-state index is 12.7. The van der Waals surface area contributed by atoms with Gasteiger partial charge in [0.1, 0.15) is 5.76 Å². The Balaban J connectivity index is 1.73. The van der Waals surface area contributed by atoms with Gasteiger partial charge in [-0.15, -0.1) is 11.8 Å². The minimum atomic E-state index is -3.27. The molecule has 1 amide bonds. The van der Waals surface area contributed by atoms with Gasteiger partial charge in [-0.05, 0) is 43.3 Å². The number of aromatic nitrogens is 1. The monoisotopic (exact) mass is 402 g/mol. The number of sulfone groups is 1. The lowest BCUT2D eigenvalue weighted by atomic mass is 10.2. The zero-order valence-electron chi connectivity index (χ0n) is 14.8. The van der Waals surface area contributed by atoms with E-state index in [1.165, 1.54) is 23.9 Å². The fourth-order valence-electron chi connectivity index (χ4n) is 2.40. The molecule has 1 aromatic heterocycles. The minimum absolute atomic E-state index is 0.207. The van der Waals surface area contributed by atoms with Gasteiger partial charge < -0.3 is 9.84 Å². The van der Waals surface area contributed by atoms with E-state index in [9.17, 15) is 13.2 Å². The SMILES string of the molecule is Cc1cc(CSc2ccccc2C(=O)Nc2ccc(S(C)(=O)=O)cc2)on1. The minimum Gasteiger partial charge on any atom is -0.360 e. The summed E-state index contributed by atoms with van der Waals surface area (Å²) in [5, 5.41) is 6.65. The van der Waals surface area contributed by atoms with Crippen molar-refractivity contribution in [3.8, 4) is 0 Å². The van der Waals surface area contributed by atoms with Crippen LogP contribution < -0.4 is 5.32 Å². The van der Waals surface area contributed by atoms with E-state index in [4.69, 9.17) is 4.52 Å². The normalized spacial score (nSPS) is 11.3. The third kappa shape index (κ3) is 4.99. The number of benzene rings is 2. The maximum Gasteiger partial charge on any atom is 0.256 e. The second kappa shape index (κ2) is 7.98. The summed E-state index contributed by atoms with van der Waals surface area (Å²) in [5.41, 5.74) is 1.87. The van der Waals surface area contributed by atoms with Crippen LogP contribution in [0, 0.1) is 6.92 Å². The number of hydrogen-bond donors (Lipinski definition) is 1. The van der Waals surface area contributed by atoms with Crippen molar-refractivity contribution in [1.82, 2.24) is 5.16 Å². The van der Waals surface area contributed by atoms with Gasteiger partial charge in [0.05, 0.1) is 21.9 Å². The summed E-state index contributed by atoms with van der Waals surface area (Å²) in [6, 6.07) is 15.2. The van der Waals surface area contributed by atoms with Crippen molar-refractivity contribution in [1.29, 1.82) is 0 Å². The highest BCUT2D eigenvalue weighted by molar-refractivity contribution is 7.98. The largest absolute Gasteiger partial charge is 0.360 e. The Morgan fingerprint density at radius 2 is 1.85 bits per heavy atom. The second-order valence-corrected chi connectivity index (χ2v) is 9.00. The number of rotatable bonds is 6. The molecule has 3 aromatic rings. The molecule has 0 spiro atoms. The van der Waals surface area contributed by atoms with Crippen molar-refractivity contribution < 1.29 is 17.7 Å². The van der Waals surface area contributed by atoms with E-state index in [1.807, 2.05) is 25.1 Å². The van der Waals surface area contributed by atoms with Gasteiger partial charge in [-0.2, -0.15) is 0 Å². The van der Waals surface area contributed by atoms with Gasteiger partial charge in [-0.1, -0.05) is 17.3 Å². The van der Waals surface area contributed by atoms with Crippen LogP contribution in [0.25, 0.3) is 0 Å². The average molecular weight is 402 g/mol. The molecule has 0 unspecified atom stereocenters. The molecular formula is C19H18N2O4S2. The molecule has 0 fully saturated rings. The van der Waals surface area contributed by atoms with E-state index in [2.05, 4.69) is 10.5 Å². The van der Waals surface area contributed by atoms with Crippen molar-refractivity contribution in [2.75, 3.05) is 11.6 Å². The van der Waals surface area contributed by atoms with Gasteiger partial charge in [0.25, 0.3) is 5.91 Å². The number of anilines is 1. The molecule has 27 heavy (non-hydrogen) atoms. The highest BCUT2D eigenvalue weighted by Gasteiger charge is 2.13. The highest BCUT2D eigenvalue weighted by atomic mass is 32.2. The molecule has 2 aromatic carbocycles. The Hall–Kier alpha value is -2.58. The van der Waals surface area contributed by atoms with E-state index < -0.39 is 9.84 Å². The number of carbonyl (C=O) groups is 1. The van der Waals surface area contributed by atoms with Crippen molar-refractivity contribution in [2.24, 2.45) is 0 Å². The van der Waals surface area contributed by atoms with Gasteiger partial charge in [-0.3, -0.25) is 4.79 Å². The molecule has 0 saturated carbocycles. The fraction of sp³-hybridized carbons (Fsp3) is 0.158. The predicted molar refractivity (Wildman–Crippen MR) is 105 cm³/mol. The van der Waals surface area contributed by atoms with E-state index in [0.717, 1.165) is 22.6 Å². The Morgan fingerprint density at radius 3 is 2.48 bits per heavy atom. The molecule has 3 rings (SSSR count). The number of thioether (sulfide) groups is 1. The van der Waals surface area contributed by atoms with Crippen molar-refractivity contribution in [2.45, 2.75) is 22.5 Å². The first kappa shape index (κ1) is 19.2. The van der Waals surface area contributed by atoms with Crippen LogP contribution in [0.5, 0.6) is 0 Å². The quantitative estimate of drug-likeness (QED) is 0.629. The molecule has 1 N–H and O–H groups in total. The maximum absolute atomic E-state index is 12.7. The number of carbonyl (C=O) groups excluding carboxylic acids is 1. The van der Waals surface area contributed by atoms with Crippen LogP contribution in [0.1, 0.15) is 21.8 Å². The summed E-state index contributed by atoms with van der Waals surface area (Å²) in [6.45, 7) is 1.86. The standard InChI is InChI=1S/C19H18N2O4S2/c1-13-11-15(25-21-13)12-26-18-6-4-3-5-17(18)19(22)20-14-7-9-16(10-8-14)27(2,23)24/h3-11H,12H2,1-2H3,(H,20,22). The molecule has 1 heterocycles. The number of nitrogens with zero attached hydrogens (tertiary/aromatic N) is 1. The van der Waals surface area contributed by atoms with Gasteiger partial charge in [0, 0.05) is 22.9 Å². The van der Waals surface area contributed by atoms with Crippen LogP contribution in [0.15, 0.2) is 68.9 Å². The molecule has 8 heteroatoms. The molecule has 0 aliphatic rings. The lowest BCUT2D eigenvalue weighted by Crippen LogP contribution is -2.13. The first-order valence-corrected chi connectivity index (χ1v) is 11.0. The topological polar surface area (TPSA) is 89.3 Å². The summed E-state index contributed by atoms with van der Waals surface area (Å²) >= 11 is 1.48. The third-order valence-corrected chi connectivity index (χ3v) is 5.94. The molecule has 0 bridgehead atoms. The van der Waals surface area contributed by atoms with E-state index >= 15 is 0 Å². The molecular weight excluding hydrogens is 384 g/mol. The summed E-state index contributed by atoms with van der Waals surface area (Å²) in [5.74, 6) is 1.04. The van der Waals surface area contributed by atoms with E-state index in [1.54, 1.807) is 24.3 Å². The van der Waals surface area contributed by atoms with Gasteiger partial charge >= 0.3 is 0 Å². The zero-order valence-corrected chi connectivity index (χ0v) is 16.4. The zero-order chi connectivity index (χ0) is 19.4. The predicted octanol–water partition coefficient (Wildman–Crippen LogP) is 3.93. The van der Waals surface area contributed by atoms with Crippen LogP contribution in [0.4, 0.5) is 5.69 Å². The van der Waals surface area contributed by atoms with Crippen molar-refractivity contribution >= 4 is 33.2 Å². The van der Waals surface area contributed by atoms with Crippen LogP contribution >= 0.6 is 11.8 Å². The van der Waals surface area contributed by atoms with Crippen molar-refractivity contribution in [3.05, 3.63) is 71.6 Å². The smallest absolute Gasteiger partial charge is 0.256 e. The lowest BCUT2D eigenvalue weighted by molar-refractivity contribution is 0.102. The van der Waals surface area contributed by atoms with E-state index in [-0.39, 0.29) is 10.8 Å². The molecule has 0 aliphatic carbocycles. The lowest BCUT2D eigenvalue weighted by Gasteiger charge is -2.10. The van der Waals surface area contributed by atoms with Crippen molar-refractivity contribution in [3.63, 3.8) is 0 Å². The molecule has 0 saturated heterocycles. The van der Waals surface area contributed by atoms with Gasteiger partial charge in [-0.25, -0.2) is 8.42 Å². The van der Waals surface area contributed by atoms with Crippen LogP contribution in [-0.2, 0) is 15.6 Å². The first-order valence-electron chi connectivity index (χ1n) is 8.08. The van der Waals surface area contributed by atoms with Crippen LogP contribution in [0.2, 0.25) is 0 Å². The summed E-state index contributed by atoms with van der Waals surface area (Å²) < 4.78 is 28.2. The number of amides is 1. The summed E-state index contributed by atoms with van der Waals surface area (Å²) in [7, 11) is -3.27. The van der Waals surface area contributed by atoms with Crippen LogP contribution in [-0.4, -0.2) is 25.7 Å². The Kier molecular flexibility index (Phi) is 5.67. The summed E-state index contributed by atoms with van der Waals surface area (Å²) in [4.78, 5) is 13.7. The van der Waals surface area contributed by atoms with E-state index in [0.29, 0.717) is 17.0 Å². The summed E-state index contributed by atoms with van der Waals surface area (Å²) in [6.07, 6.45) is 1.14. The molecule has 6 nitrogen and oxygen atoms in total. The van der Waals surface area contributed by atoms with Gasteiger partial charge in [0.2, 0.25) is 0 Å². The third-order valence-electron chi connectivity index (χ3n) is 3.72. The molecule has 0 aliphatic heterocycles. The Labute approximate surface area is 161 Å². The average Bonchev–Trinajstić information content (AvgIpc) is 3.05. The molecule has 0 atom stereocenters.